The van der Waals surface area contributed by atoms with E-state index in [9.17, 15) is 0 Å². The Kier molecular flexibility index (Phi) is 13.1. The lowest BCUT2D eigenvalue weighted by atomic mass is 9.43. The second-order valence-corrected chi connectivity index (χ2v) is 36.4. The molecule has 0 amide bonds. The SMILES string of the molecule is c1ccc([Si](c2ccccc2)(c2ccc3c(c2)B2c4ccc([Si](c5ccccc5)(c5ccccc5)c5ccc6c(c5)-c5ccccc5B5c7ccccc7-c7ccccc7N56)cc4-c4ccccc4N2c2ccccc2-3)c2ccc3c(c2)-c2ccccc2B2c4ccccc4-c4ccccc4N23)cc1. The van der Waals surface area contributed by atoms with Crippen molar-refractivity contribution in [3.8, 4) is 66.8 Å². The number of hydrogen-bond acceptors (Lipinski definition) is 3. The highest BCUT2D eigenvalue weighted by Crippen LogP contribution is 2.50. The predicted octanol–water partition coefficient (Wildman–Crippen LogP) is 13.2. The molecule has 0 fully saturated rings. The van der Waals surface area contributed by atoms with Gasteiger partial charge < -0.3 is 14.4 Å². The molecule has 480 valence electrons. The van der Waals surface area contributed by atoms with Crippen molar-refractivity contribution in [3.63, 3.8) is 0 Å². The van der Waals surface area contributed by atoms with Crippen LogP contribution in [-0.2, 0) is 0 Å². The Bertz CT molecular complexity index is 6130. The zero-order valence-electron chi connectivity index (χ0n) is 57.0. The average molecular weight is 1350 g/mol. The minimum absolute atomic E-state index is 0.0194. The highest BCUT2D eigenvalue weighted by molar-refractivity contribution is 7.21. The molecule has 0 bridgehead atoms. The lowest BCUT2D eigenvalue weighted by Gasteiger charge is -2.45. The molecule has 0 aliphatic carbocycles. The van der Waals surface area contributed by atoms with Gasteiger partial charge in [0.25, 0.3) is 0 Å². The van der Waals surface area contributed by atoms with Gasteiger partial charge in [-0.2, -0.15) is 0 Å². The first-order valence-electron chi connectivity index (χ1n) is 36.6. The van der Waals surface area contributed by atoms with E-state index in [4.69, 9.17) is 0 Å². The monoisotopic (exact) mass is 1350 g/mol. The molecule has 0 saturated carbocycles. The van der Waals surface area contributed by atoms with E-state index < -0.39 is 16.1 Å². The maximum Gasteiger partial charge on any atom is 0.329 e. The fraction of sp³-hybridized carbons (Fsp3) is 0. The maximum absolute atomic E-state index is 3.28. The summed E-state index contributed by atoms with van der Waals surface area (Å²) in [6.07, 6.45) is 0. The van der Waals surface area contributed by atoms with Crippen molar-refractivity contribution in [1.29, 1.82) is 0 Å². The lowest BCUT2D eigenvalue weighted by molar-refractivity contribution is 1.35. The smallest absolute Gasteiger partial charge is 0.329 e. The zero-order valence-corrected chi connectivity index (χ0v) is 59.0. The molecule has 16 aromatic rings. The summed E-state index contributed by atoms with van der Waals surface area (Å²) in [6, 6.07) is 150. The van der Waals surface area contributed by atoms with Gasteiger partial charge in [-0.3, -0.25) is 0 Å². The van der Waals surface area contributed by atoms with Crippen LogP contribution in [0.1, 0.15) is 0 Å². The van der Waals surface area contributed by atoms with E-state index >= 15 is 0 Å². The van der Waals surface area contributed by atoms with Crippen LogP contribution in [0.4, 0.5) is 34.1 Å². The maximum atomic E-state index is 2.69. The van der Waals surface area contributed by atoms with E-state index in [-0.39, 0.29) is 20.5 Å². The minimum atomic E-state index is -3.28. The molecule has 0 unspecified atom stereocenters. The summed E-state index contributed by atoms with van der Waals surface area (Å²) < 4.78 is 0. The third-order valence-electron chi connectivity index (χ3n) is 24.0. The van der Waals surface area contributed by atoms with E-state index in [0.29, 0.717) is 0 Å². The molecule has 6 heterocycles. The van der Waals surface area contributed by atoms with Crippen molar-refractivity contribution < 1.29 is 0 Å². The molecule has 16 aromatic carbocycles. The van der Waals surface area contributed by atoms with Crippen LogP contribution in [0.15, 0.2) is 388 Å². The van der Waals surface area contributed by atoms with Gasteiger partial charge in [0.05, 0.1) is 0 Å². The third-order valence-corrected chi connectivity index (χ3v) is 33.5. The molecule has 8 heteroatoms. The number of nitrogens with zero attached hydrogens (tertiary/aromatic N) is 3. The van der Waals surface area contributed by atoms with Crippen LogP contribution in [-0.4, -0.2) is 36.7 Å². The molecule has 0 N–H and O–H groups in total. The summed E-state index contributed by atoms with van der Waals surface area (Å²) in [5.41, 5.74) is 30.6. The molecule has 0 saturated heterocycles. The standard InChI is InChI=1S/C96H64B3N3Si2/c1-5-29-65(30-6-1)103(66-31-7-2-8-32-66,70-55-59-95-83(62-70)75-39-15-23-47-87(75)97-85-45-21-13-37-73(85)78-41-17-25-49-91(78)101(95)97)69-54-58-89-82(61-69)81-44-20-28-52-94(81)100-93-51-27-19-43-80(93)77-57-53-72(64-90(77)99(89)100)104(67-33-9-3-10-34-67,68-35-11-4-12-36-68)71-56-60-96-84(63-71)76-40-16-24-48-88(76)98-86-46-22-14-38-74(86)79-42-18-26-50-92(79)102(96)98/h1-64H. The van der Waals surface area contributed by atoms with Crippen LogP contribution in [0.2, 0.25) is 0 Å². The van der Waals surface area contributed by atoms with Crippen LogP contribution >= 0.6 is 0 Å². The molecule has 0 spiro atoms. The summed E-state index contributed by atoms with van der Waals surface area (Å²) in [5.74, 6) is 0. The van der Waals surface area contributed by atoms with Gasteiger partial charge in [0, 0.05) is 67.5 Å². The number of anilines is 6. The first-order chi connectivity index (χ1) is 51.6. The van der Waals surface area contributed by atoms with Crippen molar-refractivity contribution in [3.05, 3.63) is 388 Å². The van der Waals surface area contributed by atoms with E-state index in [1.807, 2.05) is 0 Å². The molecule has 0 radical (unpaired) electrons. The average Bonchev–Trinajstić information content (AvgIpc) is 0.713. The quantitative estimate of drug-likeness (QED) is 0.111. The second-order valence-electron chi connectivity index (χ2n) is 28.8. The first-order valence-corrected chi connectivity index (χ1v) is 40.6. The van der Waals surface area contributed by atoms with Gasteiger partial charge in [0.2, 0.25) is 0 Å². The normalized spacial score (nSPS) is 13.5. The van der Waals surface area contributed by atoms with Gasteiger partial charge in [-0.05, 0) is 144 Å². The minimum Gasteiger partial charge on any atom is -0.376 e. The Labute approximate surface area is 610 Å². The fourth-order valence-corrected chi connectivity index (χ4v) is 29.4. The number of benzene rings is 16. The largest absolute Gasteiger partial charge is 0.376 e. The van der Waals surface area contributed by atoms with Gasteiger partial charge in [-0.1, -0.05) is 352 Å². The van der Waals surface area contributed by atoms with E-state index in [0.717, 1.165) is 0 Å². The molecule has 22 rings (SSSR count). The predicted molar refractivity (Wildman–Crippen MR) is 447 cm³/mol. The summed E-state index contributed by atoms with van der Waals surface area (Å²) in [5, 5.41) is 10.8. The van der Waals surface area contributed by atoms with Crippen LogP contribution in [0, 0.1) is 0 Å². The van der Waals surface area contributed by atoms with Crippen LogP contribution in [0.25, 0.3) is 66.8 Å². The Morgan fingerprint density at radius 2 is 0.375 bits per heavy atom. The highest BCUT2D eigenvalue weighted by Gasteiger charge is 2.51. The molecule has 104 heavy (non-hydrogen) atoms. The van der Waals surface area contributed by atoms with Crippen molar-refractivity contribution in [2.45, 2.75) is 0 Å². The van der Waals surface area contributed by atoms with Crippen molar-refractivity contribution >= 4 is 145 Å². The van der Waals surface area contributed by atoms with Crippen molar-refractivity contribution in [2.24, 2.45) is 0 Å². The molecule has 0 aromatic heterocycles. The summed E-state index contributed by atoms with van der Waals surface area (Å²) in [7, 11) is -6.54. The topological polar surface area (TPSA) is 9.72 Å². The summed E-state index contributed by atoms with van der Waals surface area (Å²) in [6.45, 7) is -0.138. The second kappa shape index (κ2) is 23.0. The first kappa shape index (κ1) is 59.3. The highest BCUT2D eigenvalue weighted by atomic mass is 28.3. The third kappa shape index (κ3) is 8.26. The lowest BCUT2D eigenvalue weighted by Crippen LogP contribution is -2.75. The van der Waals surface area contributed by atoms with E-state index in [2.05, 4.69) is 403 Å². The van der Waals surface area contributed by atoms with Gasteiger partial charge in [-0.15, -0.1) is 0 Å². The molecular formula is C96H64B3N3Si2. The Morgan fingerprint density at radius 3 is 0.740 bits per heavy atom. The Hall–Kier alpha value is -12.5. The van der Waals surface area contributed by atoms with Crippen molar-refractivity contribution in [2.75, 3.05) is 14.4 Å². The zero-order chi connectivity index (χ0) is 68.2. The number of hydrogen-bond donors (Lipinski definition) is 0. The van der Waals surface area contributed by atoms with Gasteiger partial charge >= 0.3 is 20.5 Å². The molecule has 6 aliphatic rings. The van der Waals surface area contributed by atoms with E-state index in [1.165, 1.54) is 175 Å². The molecule has 0 atom stereocenters. The van der Waals surface area contributed by atoms with Gasteiger partial charge in [-0.25, -0.2) is 0 Å². The molecule has 6 aliphatic heterocycles. The van der Waals surface area contributed by atoms with Crippen LogP contribution < -0.4 is 88.7 Å². The Balaban J connectivity index is 0.769. The Morgan fingerprint density at radius 1 is 0.144 bits per heavy atom. The fourth-order valence-electron chi connectivity index (χ4n) is 19.8. The van der Waals surface area contributed by atoms with Gasteiger partial charge in [0.1, 0.15) is 0 Å². The molecular weight excluding hydrogens is 1280 g/mol. The number of rotatable bonds is 8. The van der Waals surface area contributed by atoms with Gasteiger partial charge in [0.15, 0.2) is 16.1 Å². The summed E-state index contributed by atoms with van der Waals surface area (Å²) in [4.78, 5) is 7.97. The van der Waals surface area contributed by atoms with E-state index in [1.54, 1.807) is 0 Å². The number of fused-ring (bicyclic) bond motifs is 33. The summed E-state index contributed by atoms with van der Waals surface area (Å²) >= 11 is 0. The molecule has 3 nitrogen and oxygen atoms in total. The van der Waals surface area contributed by atoms with Crippen molar-refractivity contribution in [1.82, 2.24) is 0 Å². The number of para-hydroxylation sites is 4. The van der Waals surface area contributed by atoms with Crippen LogP contribution in [0.5, 0.6) is 0 Å². The van der Waals surface area contributed by atoms with Crippen LogP contribution in [0.3, 0.4) is 0 Å².